The van der Waals surface area contributed by atoms with Crippen LogP contribution >= 0.6 is 0 Å². The number of rotatable bonds is 3. The van der Waals surface area contributed by atoms with Crippen LogP contribution in [0.5, 0.6) is 5.75 Å². The van der Waals surface area contributed by atoms with Crippen molar-refractivity contribution in [3.05, 3.63) is 61.2 Å². The molecule has 0 saturated carbocycles. The van der Waals surface area contributed by atoms with Crippen LogP contribution in [0.2, 0.25) is 0 Å². The average Bonchev–Trinajstić information content (AvgIpc) is 2.38. The number of ether oxygens (including phenoxy) is 1. The van der Waals surface area contributed by atoms with Gasteiger partial charge in [0.2, 0.25) is 0 Å². The second-order valence-electron chi connectivity index (χ2n) is 5.51. The molecule has 0 spiro atoms. The highest BCUT2D eigenvalue weighted by atomic mass is 127. The van der Waals surface area contributed by atoms with Gasteiger partial charge in [0, 0.05) is 6.07 Å². The number of hydrogen-bond acceptors (Lipinski definition) is 1. The third-order valence-corrected chi connectivity index (χ3v) is 5.60. The van der Waals surface area contributed by atoms with E-state index in [0.29, 0.717) is 0 Å². The summed E-state index contributed by atoms with van der Waals surface area (Å²) in [7, 11) is 1.72. The first-order valence-electron chi connectivity index (χ1n) is 6.38. The quantitative estimate of drug-likeness (QED) is 0.739. The third kappa shape index (κ3) is 3.96. The van der Waals surface area contributed by atoms with E-state index in [2.05, 4.69) is 63.2 Å². The van der Waals surface area contributed by atoms with E-state index in [0.717, 1.165) is 5.75 Å². The SMILES string of the molecule is COc1cccc([I+]c2ccc(C(C)(C)C)cc2)c1. The molecule has 0 heterocycles. The zero-order valence-electron chi connectivity index (χ0n) is 11.9. The lowest BCUT2D eigenvalue weighted by atomic mass is 9.87. The van der Waals surface area contributed by atoms with Crippen LogP contribution in [-0.2, 0) is 5.41 Å². The normalized spacial score (nSPS) is 11.4. The lowest BCUT2D eigenvalue weighted by Crippen LogP contribution is -3.61. The fourth-order valence-corrected chi connectivity index (χ4v) is 4.08. The summed E-state index contributed by atoms with van der Waals surface area (Å²) in [5.74, 6) is 0.948. The van der Waals surface area contributed by atoms with Crippen molar-refractivity contribution in [1.82, 2.24) is 0 Å². The van der Waals surface area contributed by atoms with Crippen LogP contribution in [0.15, 0.2) is 48.5 Å². The molecule has 0 bridgehead atoms. The summed E-state index contributed by atoms with van der Waals surface area (Å²) in [5, 5.41) is 0. The van der Waals surface area contributed by atoms with E-state index in [1.807, 2.05) is 6.07 Å². The van der Waals surface area contributed by atoms with Crippen molar-refractivity contribution < 1.29 is 25.9 Å². The first-order valence-corrected chi connectivity index (χ1v) is 8.54. The molecule has 19 heavy (non-hydrogen) atoms. The van der Waals surface area contributed by atoms with Gasteiger partial charge >= 0.3 is 21.2 Å². The van der Waals surface area contributed by atoms with Crippen molar-refractivity contribution in [1.29, 1.82) is 0 Å². The van der Waals surface area contributed by atoms with Gasteiger partial charge < -0.3 is 4.74 Å². The van der Waals surface area contributed by atoms with Crippen molar-refractivity contribution in [3.63, 3.8) is 0 Å². The van der Waals surface area contributed by atoms with E-state index in [1.54, 1.807) is 7.11 Å². The summed E-state index contributed by atoms with van der Waals surface area (Å²) in [6.45, 7) is 6.75. The van der Waals surface area contributed by atoms with E-state index in [1.165, 1.54) is 12.7 Å². The van der Waals surface area contributed by atoms with Crippen LogP contribution in [0.25, 0.3) is 0 Å². The zero-order chi connectivity index (χ0) is 13.9. The maximum Gasteiger partial charge on any atom is 0.358 e. The molecule has 0 saturated heterocycles. The standard InChI is InChI=1S/C17H20IO/c1-17(2,3)13-8-10-14(11-9-13)18-15-6-5-7-16(12-15)19-4/h5-12H,1-4H3/q+1. The summed E-state index contributed by atoms with van der Waals surface area (Å²) in [6, 6.07) is 17.5. The molecule has 2 rings (SSSR count). The summed E-state index contributed by atoms with van der Waals surface area (Å²) in [5.41, 5.74) is 1.62. The lowest BCUT2D eigenvalue weighted by molar-refractivity contribution is -0.597. The molecule has 1 nitrogen and oxygen atoms in total. The fraction of sp³-hybridized carbons (Fsp3) is 0.294. The number of benzene rings is 2. The van der Waals surface area contributed by atoms with Gasteiger partial charge in [0.15, 0.2) is 7.14 Å². The Morgan fingerprint density at radius 3 is 2.16 bits per heavy atom. The third-order valence-electron chi connectivity index (χ3n) is 2.96. The van der Waals surface area contributed by atoms with Gasteiger partial charge in [0.1, 0.15) is 5.75 Å². The van der Waals surface area contributed by atoms with E-state index in [4.69, 9.17) is 4.74 Å². The van der Waals surface area contributed by atoms with E-state index < -0.39 is 0 Å². The van der Waals surface area contributed by atoms with Crippen molar-refractivity contribution >= 4 is 0 Å². The maximum absolute atomic E-state index is 5.27. The topological polar surface area (TPSA) is 9.23 Å². The largest absolute Gasteiger partial charge is 0.497 e. The van der Waals surface area contributed by atoms with Gasteiger partial charge in [-0.05, 0) is 35.2 Å². The Bertz CT molecular complexity index is 538. The van der Waals surface area contributed by atoms with Gasteiger partial charge in [-0.15, -0.1) is 0 Å². The number of halogens is 1. The summed E-state index contributed by atoms with van der Waals surface area (Å²) in [6.07, 6.45) is 0. The highest BCUT2D eigenvalue weighted by Gasteiger charge is 2.18. The lowest BCUT2D eigenvalue weighted by Gasteiger charge is -2.18. The molecular formula is C17H20IO+. The first kappa shape index (κ1) is 14.4. The Balaban J connectivity index is 2.15. The Morgan fingerprint density at radius 2 is 1.58 bits per heavy atom. The van der Waals surface area contributed by atoms with Gasteiger partial charge in [-0.3, -0.25) is 0 Å². The van der Waals surface area contributed by atoms with E-state index in [-0.39, 0.29) is 26.6 Å². The Hall–Kier alpha value is -1.03. The predicted octanol–water partition coefficient (Wildman–Crippen LogP) is 1.12. The van der Waals surface area contributed by atoms with Crippen LogP contribution in [0.1, 0.15) is 26.3 Å². The van der Waals surface area contributed by atoms with Crippen LogP contribution in [0, 0.1) is 7.14 Å². The molecule has 0 aliphatic rings. The van der Waals surface area contributed by atoms with Gasteiger partial charge in [-0.25, -0.2) is 0 Å². The zero-order valence-corrected chi connectivity index (χ0v) is 14.1. The van der Waals surface area contributed by atoms with Crippen molar-refractivity contribution in [3.8, 4) is 5.75 Å². The highest BCUT2D eigenvalue weighted by molar-refractivity contribution is 5.23. The Labute approximate surface area is 126 Å². The van der Waals surface area contributed by atoms with Gasteiger partial charge in [-0.2, -0.15) is 0 Å². The minimum atomic E-state index is -0.124. The van der Waals surface area contributed by atoms with Crippen LogP contribution in [0.3, 0.4) is 0 Å². The van der Waals surface area contributed by atoms with Gasteiger partial charge in [0.05, 0.1) is 7.11 Å². The molecule has 0 atom stereocenters. The number of hydrogen-bond donors (Lipinski definition) is 0. The first-order chi connectivity index (χ1) is 8.99. The molecule has 0 aliphatic heterocycles. The molecule has 0 aliphatic carbocycles. The summed E-state index contributed by atoms with van der Waals surface area (Å²) in [4.78, 5) is 0. The monoisotopic (exact) mass is 367 g/mol. The molecule has 100 valence electrons. The molecule has 0 amide bonds. The Morgan fingerprint density at radius 1 is 0.895 bits per heavy atom. The second kappa shape index (κ2) is 5.95. The molecule has 0 N–H and O–H groups in total. The molecular weight excluding hydrogens is 347 g/mol. The van der Waals surface area contributed by atoms with Crippen molar-refractivity contribution in [2.45, 2.75) is 26.2 Å². The van der Waals surface area contributed by atoms with Crippen molar-refractivity contribution in [2.24, 2.45) is 0 Å². The van der Waals surface area contributed by atoms with Crippen LogP contribution in [0.4, 0.5) is 0 Å². The molecule has 2 aromatic rings. The van der Waals surface area contributed by atoms with E-state index in [9.17, 15) is 0 Å². The van der Waals surface area contributed by atoms with Crippen molar-refractivity contribution in [2.75, 3.05) is 7.11 Å². The van der Waals surface area contributed by atoms with Crippen LogP contribution < -0.4 is 25.9 Å². The highest BCUT2D eigenvalue weighted by Crippen LogP contribution is 2.20. The molecule has 0 aromatic heterocycles. The summed E-state index contributed by atoms with van der Waals surface area (Å²) < 4.78 is 8.11. The maximum atomic E-state index is 5.27. The molecule has 0 unspecified atom stereocenters. The second-order valence-corrected chi connectivity index (χ2v) is 8.54. The summed E-state index contributed by atoms with van der Waals surface area (Å²) >= 11 is -0.124. The molecule has 0 radical (unpaired) electrons. The van der Waals surface area contributed by atoms with Gasteiger partial charge in [-0.1, -0.05) is 39.0 Å². The average molecular weight is 367 g/mol. The van der Waals surface area contributed by atoms with Gasteiger partial charge in [0.25, 0.3) is 0 Å². The smallest absolute Gasteiger partial charge is 0.358 e. The fourth-order valence-electron chi connectivity index (χ4n) is 1.79. The number of methoxy groups -OCH3 is 1. The molecule has 2 aromatic carbocycles. The Kier molecular flexibility index (Phi) is 4.50. The molecule has 2 heteroatoms. The van der Waals surface area contributed by atoms with Crippen LogP contribution in [-0.4, -0.2) is 7.11 Å². The minimum Gasteiger partial charge on any atom is -0.497 e. The van der Waals surface area contributed by atoms with E-state index >= 15 is 0 Å². The predicted molar refractivity (Wildman–Crippen MR) is 75.5 cm³/mol. The molecule has 0 fully saturated rings. The minimum absolute atomic E-state index is 0.124.